The lowest BCUT2D eigenvalue weighted by Gasteiger charge is -2.30. The molecule has 9 aliphatic rings. The van der Waals surface area contributed by atoms with Gasteiger partial charge in [0.1, 0.15) is 69.1 Å². The van der Waals surface area contributed by atoms with Crippen molar-refractivity contribution >= 4 is 106 Å². The quantitative estimate of drug-likeness (QED) is 0.110. The third kappa shape index (κ3) is 14.6. The first-order chi connectivity index (χ1) is 57.3. The first-order valence-corrected chi connectivity index (χ1v) is 36.2. The number of aryl methyl sites for hydroxylation is 6. The molecular formula is C81H54N36. The Morgan fingerprint density at radius 3 is 0.590 bits per heavy atom. The van der Waals surface area contributed by atoms with E-state index in [0.717, 1.165) is 33.8 Å². The first-order valence-electron chi connectivity index (χ1n) is 36.2. The van der Waals surface area contributed by atoms with E-state index in [0.29, 0.717) is 140 Å². The predicted molar refractivity (Wildman–Crippen MR) is 441 cm³/mol. The van der Waals surface area contributed by atoms with Crippen LogP contribution in [-0.2, 0) is 0 Å². The smallest absolute Gasteiger partial charge is 0.243 e. The molecule has 12 aromatic rings. The van der Waals surface area contributed by atoms with E-state index in [1.807, 2.05) is 200 Å². The van der Waals surface area contributed by atoms with Crippen LogP contribution in [0, 0.1) is 41.5 Å². The van der Waals surface area contributed by atoms with Crippen LogP contribution in [0.4, 0.5) is 0 Å². The number of pyridine rings is 6. The molecular weight excluding hydrogens is 1480 g/mol. The van der Waals surface area contributed by atoms with Crippen molar-refractivity contribution in [1.82, 2.24) is 89.5 Å². The highest BCUT2D eigenvalue weighted by atomic mass is 15.5. The van der Waals surface area contributed by atoms with E-state index in [4.69, 9.17) is 44.9 Å². The van der Waals surface area contributed by atoms with Crippen LogP contribution in [0.15, 0.2) is 309 Å². The van der Waals surface area contributed by atoms with E-state index in [1.165, 1.54) is 4.90 Å². The Bertz CT molecular complexity index is 6040. The highest BCUT2D eigenvalue weighted by molar-refractivity contribution is 6.36. The Balaban J connectivity index is 0.000000120. The largest absolute Gasteiger partial charge is 0.253 e. The third-order valence-electron chi connectivity index (χ3n) is 17.5. The van der Waals surface area contributed by atoms with Gasteiger partial charge in [0, 0.05) is 35.3 Å². The van der Waals surface area contributed by atoms with Gasteiger partial charge in [-0.15, -0.1) is 0 Å². The molecule has 0 saturated carbocycles. The summed E-state index contributed by atoms with van der Waals surface area (Å²) < 4.78 is 0. The molecule has 0 amide bonds. The summed E-state index contributed by atoms with van der Waals surface area (Å²) in [4.78, 5) is 156. The second-order valence-corrected chi connectivity index (χ2v) is 25.9. The molecule has 117 heavy (non-hydrogen) atoms. The number of nitrogens with zero attached hydrogens (tertiary/aromatic N) is 36. The Morgan fingerprint density at radius 2 is 0.359 bits per heavy atom. The van der Waals surface area contributed by atoms with Gasteiger partial charge >= 0.3 is 0 Å². The van der Waals surface area contributed by atoms with Crippen molar-refractivity contribution in [1.29, 1.82) is 0 Å². The van der Waals surface area contributed by atoms with Gasteiger partial charge < -0.3 is 0 Å². The number of hydrogen-bond donors (Lipinski definition) is 0. The maximum absolute atomic E-state index is 4.91. The predicted octanol–water partition coefficient (Wildman–Crippen LogP) is 8.99. The SMILES string of the molecule is Cc1nc(C)nc(C2=NC3=NC(c4nc(C)nc(C)n4)=NC4=NC(c5nc(C)nc(C)n5)=NC(=N2)N34)n1.c1ccc(-c2cccc(C3=NC4=NC(c5cccc(-c6ccccc6)n5)=NC5=NC(c6cccc(-c7ccccc7)n6)=NC(=N3)N45)n2)cc1.c1ccc(C2=NC3=NC(c4ccccn4)=NC4=NC(c5ccccn5)=NC(=N2)N34)nc1. The molecule has 558 valence electrons. The van der Waals surface area contributed by atoms with E-state index in [1.54, 1.807) is 69.9 Å². The van der Waals surface area contributed by atoms with Crippen molar-refractivity contribution in [2.45, 2.75) is 41.5 Å². The molecule has 21 rings (SSSR count). The van der Waals surface area contributed by atoms with Crippen LogP contribution in [0.25, 0.3) is 33.8 Å². The maximum Gasteiger partial charge on any atom is 0.243 e. The number of aromatic nitrogens is 15. The van der Waals surface area contributed by atoms with E-state index in [2.05, 4.69) is 120 Å². The summed E-state index contributed by atoms with van der Waals surface area (Å²) in [7, 11) is 0. The molecule has 36 nitrogen and oxygen atoms in total. The summed E-state index contributed by atoms with van der Waals surface area (Å²) in [6, 6.07) is 63.9. The fourth-order valence-corrected chi connectivity index (χ4v) is 12.5. The number of aliphatic imine (C=N–C) groups is 18. The first kappa shape index (κ1) is 70.4. The van der Waals surface area contributed by atoms with Gasteiger partial charge in [0.2, 0.25) is 88.6 Å². The van der Waals surface area contributed by atoms with Gasteiger partial charge in [0.05, 0.1) is 17.1 Å². The maximum atomic E-state index is 4.91. The zero-order valence-electron chi connectivity index (χ0n) is 62.4. The Hall–Kier alpha value is -17.0. The van der Waals surface area contributed by atoms with Crippen molar-refractivity contribution in [3.63, 3.8) is 0 Å². The van der Waals surface area contributed by atoms with Crippen molar-refractivity contribution in [2.24, 2.45) is 89.9 Å². The molecule has 0 aliphatic carbocycles. The minimum Gasteiger partial charge on any atom is -0.253 e. The molecule has 0 N–H and O–H groups in total. The highest BCUT2D eigenvalue weighted by Crippen LogP contribution is 2.29. The zero-order valence-corrected chi connectivity index (χ0v) is 62.4. The van der Waals surface area contributed by atoms with Crippen LogP contribution < -0.4 is 0 Å². The van der Waals surface area contributed by atoms with Crippen molar-refractivity contribution in [2.75, 3.05) is 0 Å². The molecule has 36 heteroatoms. The standard InChI is InChI=1S/C39H24N10.C21H18N16.C21H12N10/c1-4-13-25(14-5-1)28-19-10-22-31(40-28)34-43-37-45-35(32-23-11-20-29(41-32)26-15-6-2-7-16-26)47-39-48-36(46-38(44-34)49(37)39)33-24-12-21-30(42-33)27-17-8-3-9-18-27;1-7-22-8(2)26-13(25-7)16-31-19-33-17(14-27-9(3)23-10(4)28-14)35-21-36-18(34-20(32-16)37(19)21)15-29-11(5)24-12(6)30-15;1-4-10-22-13(7-1)16-25-19-27-17(14-8-2-5-11-23-14)29-21-30-18(15-9-3-6-12-24-15)28-20(26-16)31(19)21/h1-24H;1-6H3;1-12H. The second-order valence-electron chi connectivity index (χ2n) is 25.9. The summed E-state index contributed by atoms with van der Waals surface area (Å²) >= 11 is 0. The number of hydrogen-bond acceptors (Lipinski definition) is 36. The molecule has 0 radical (unpaired) electrons. The molecule has 9 aromatic heterocycles. The molecule has 0 unspecified atom stereocenters. The molecule has 0 atom stereocenters. The fourth-order valence-electron chi connectivity index (χ4n) is 12.5. The van der Waals surface area contributed by atoms with E-state index in [-0.39, 0.29) is 52.9 Å². The van der Waals surface area contributed by atoms with Crippen LogP contribution >= 0.6 is 0 Å². The average Bonchev–Trinajstić information content (AvgIpc) is 0.756. The molecule has 18 heterocycles. The summed E-state index contributed by atoms with van der Waals surface area (Å²) in [6.45, 7) is 10.6. The highest BCUT2D eigenvalue weighted by Gasteiger charge is 2.41. The lowest BCUT2D eigenvalue weighted by Crippen LogP contribution is -2.48. The van der Waals surface area contributed by atoms with Gasteiger partial charge in [0.15, 0.2) is 35.0 Å². The molecule has 0 fully saturated rings. The Morgan fingerprint density at radius 1 is 0.162 bits per heavy atom. The molecule has 0 bridgehead atoms. The Labute approximate surface area is 662 Å². The monoisotopic (exact) mass is 1530 g/mol. The van der Waals surface area contributed by atoms with Gasteiger partial charge in [-0.2, -0.15) is 89.9 Å². The van der Waals surface area contributed by atoms with Crippen LogP contribution in [-0.4, -0.2) is 196 Å². The van der Waals surface area contributed by atoms with Crippen LogP contribution in [0.3, 0.4) is 0 Å². The number of amidine groups is 9. The van der Waals surface area contributed by atoms with Gasteiger partial charge in [-0.3, -0.25) is 15.0 Å². The van der Waals surface area contributed by atoms with Crippen LogP contribution in [0.5, 0.6) is 0 Å². The molecule has 9 aliphatic heterocycles. The van der Waals surface area contributed by atoms with E-state index < -0.39 is 0 Å². The lowest BCUT2D eigenvalue weighted by atomic mass is 10.1. The van der Waals surface area contributed by atoms with Crippen molar-refractivity contribution in [3.05, 3.63) is 305 Å². The van der Waals surface area contributed by atoms with Gasteiger partial charge in [-0.05, 0) is 114 Å². The topological polar surface area (TPSA) is 426 Å². The van der Waals surface area contributed by atoms with Crippen molar-refractivity contribution in [3.8, 4) is 33.8 Å². The molecule has 3 aromatic carbocycles. The fraction of sp³-hybridized carbons (Fsp3) is 0.0741. The Kier molecular flexibility index (Phi) is 18.1. The summed E-state index contributed by atoms with van der Waals surface area (Å²) in [5.74, 6) is 9.57. The normalized spacial score (nSPS) is 15.8. The van der Waals surface area contributed by atoms with E-state index >= 15 is 0 Å². The van der Waals surface area contributed by atoms with Crippen LogP contribution in [0.1, 0.15) is 86.6 Å². The van der Waals surface area contributed by atoms with Gasteiger partial charge in [-0.25, -0.2) is 74.5 Å². The van der Waals surface area contributed by atoms with E-state index in [9.17, 15) is 0 Å². The molecule has 0 saturated heterocycles. The minimum absolute atomic E-state index is 0.204. The van der Waals surface area contributed by atoms with Crippen molar-refractivity contribution < 1.29 is 0 Å². The minimum atomic E-state index is 0.204. The summed E-state index contributed by atoms with van der Waals surface area (Å²) in [5, 5.41) is 0. The number of benzene rings is 3. The summed E-state index contributed by atoms with van der Waals surface area (Å²) in [6.07, 6.45) is 5.05. The van der Waals surface area contributed by atoms with Crippen LogP contribution in [0.2, 0.25) is 0 Å². The lowest BCUT2D eigenvalue weighted by molar-refractivity contribution is 0.815. The third-order valence-corrected chi connectivity index (χ3v) is 17.5. The second kappa shape index (κ2) is 30.0. The number of guanidine groups is 9. The zero-order chi connectivity index (χ0) is 79.0. The summed E-state index contributed by atoms with van der Waals surface area (Å²) in [5.41, 5.74) is 8.93. The number of rotatable bonds is 12. The molecule has 0 spiro atoms. The van der Waals surface area contributed by atoms with Gasteiger partial charge in [0.25, 0.3) is 0 Å². The van der Waals surface area contributed by atoms with Gasteiger partial charge in [-0.1, -0.05) is 127 Å². The average molecular weight is 1530 g/mol.